The molecule has 1 saturated carbocycles. The topological polar surface area (TPSA) is 39.6 Å². The van der Waals surface area contributed by atoms with Crippen molar-refractivity contribution in [3.8, 4) is 6.07 Å². The van der Waals surface area contributed by atoms with Gasteiger partial charge in [-0.1, -0.05) is 24.6 Å². The molecule has 2 heteroatoms. The molecule has 0 saturated heterocycles. The molecule has 1 aliphatic rings. The molecular formula is C15H16N2. The summed E-state index contributed by atoms with van der Waals surface area (Å²) in [7, 11) is 0. The molecule has 0 bridgehead atoms. The highest BCUT2D eigenvalue weighted by Gasteiger charge is 2.38. The van der Waals surface area contributed by atoms with Gasteiger partial charge in [0, 0.05) is 16.6 Å². The van der Waals surface area contributed by atoms with Crippen LogP contribution in [-0.2, 0) is 6.42 Å². The third kappa shape index (κ3) is 1.54. The summed E-state index contributed by atoms with van der Waals surface area (Å²) in [6.45, 7) is 2.11. The van der Waals surface area contributed by atoms with Crippen molar-refractivity contribution < 1.29 is 0 Å². The van der Waals surface area contributed by atoms with Crippen LogP contribution in [0, 0.1) is 23.7 Å². The molecular weight excluding hydrogens is 208 g/mol. The maximum atomic E-state index is 9.34. The third-order valence-corrected chi connectivity index (χ3v) is 4.09. The van der Waals surface area contributed by atoms with Crippen LogP contribution in [0.3, 0.4) is 0 Å². The zero-order valence-electron chi connectivity index (χ0n) is 10.1. The van der Waals surface area contributed by atoms with Gasteiger partial charge in [0.1, 0.15) is 0 Å². The largest absolute Gasteiger partial charge is 0.358 e. The molecule has 1 N–H and O–H groups in total. The lowest BCUT2D eigenvalue weighted by molar-refractivity contribution is 0.214. The molecule has 0 radical (unpaired) electrons. The van der Waals surface area contributed by atoms with E-state index in [0.29, 0.717) is 0 Å². The van der Waals surface area contributed by atoms with Crippen molar-refractivity contribution in [3.63, 3.8) is 0 Å². The van der Waals surface area contributed by atoms with Crippen LogP contribution in [0.1, 0.15) is 30.5 Å². The molecule has 1 aliphatic carbocycles. The quantitative estimate of drug-likeness (QED) is 0.829. The van der Waals surface area contributed by atoms with Gasteiger partial charge in [-0.15, -0.1) is 0 Å². The third-order valence-electron chi connectivity index (χ3n) is 4.09. The number of aryl methyl sites for hydroxylation is 1. The van der Waals surface area contributed by atoms with Crippen LogP contribution in [0.25, 0.3) is 10.9 Å². The lowest BCUT2D eigenvalue weighted by atomic mass is 9.66. The number of para-hydroxylation sites is 1. The van der Waals surface area contributed by atoms with E-state index in [1.807, 2.05) is 6.07 Å². The number of aromatic nitrogens is 1. The molecule has 0 spiro atoms. The number of nitrogens with zero attached hydrogens (tertiary/aromatic N) is 1. The SMILES string of the molecule is Cc1[nH]c2ccccc2c1CC1(C#N)CCC1. The Morgan fingerprint density at radius 2 is 2.12 bits per heavy atom. The average molecular weight is 224 g/mol. The summed E-state index contributed by atoms with van der Waals surface area (Å²) in [6, 6.07) is 10.9. The second-order valence-electron chi connectivity index (χ2n) is 5.20. The lowest BCUT2D eigenvalue weighted by Crippen LogP contribution is -2.30. The van der Waals surface area contributed by atoms with Crippen molar-refractivity contribution in [1.29, 1.82) is 5.26 Å². The zero-order chi connectivity index (χ0) is 11.9. The standard InChI is InChI=1S/C15H16N2/c1-11-13(9-15(10-16)7-4-8-15)12-5-2-3-6-14(12)17-11/h2-3,5-6,17H,4,7-9H2,1H3. The number of aromatic amines is 1. The summed E-state index contributed by atoms with van der Waals surface area (Å²) >= 11 is 0. The van der Waals surface area contributed by atoms with Gasteiger partial charge in [-0.3, -0.25) is 0 Å². The van der Waals surface area contributed by atoms with E-state index in [-0.39, 0.29) is 5.41 Å². The van der Waals surface area contributed by atoms with E-state index in [2.05, 4.69) is 36.2 Å². The van der Waals surface area contributed by atoms with Crippen LogP contribution in [0.4, 0.5) is 0 Å². The first-order chi connectivity index (χ1) is 8.24. The summed E-state index contributed by atoms with van der Waals surface area (Å²) < 4.78 is 0. The first kappa shape index (κ1) is 10.4. The van der Waals surface area contributed by atoms with Crippen LogP contribution in [-0.4, -0.2) is 4.98 Å². The number of rotatable bonds is 2. The number of hydrogen-bond acceptors (Lipinski definition) is 1. The van der Waals surface area contributed by atoms with Crippen LogP contribution in [0.2, 0.25) is 0 Å². The Hall–Kier alpha value is -1.75. The second kappa shape index (κ2) is 3.63. The van der Waals surface area contributed by atoms with Crippen LogP contribution < -0.4 is 0 Å². The van der Waals surface area contributed by atoms with Crippen LogP contribution >= 0.6 is 0 Å². The van der Waals surface area contributed by atoms with E-state index in [0.717, 1.165) is 19.3 Å². The predicted octanol–water partition coefficient (Wildman–Crippen LogP) is 3.71. The lowest BCUT2D eigenvalue weighted by Gasteiger charge is -2.35. The Balaban J connectivity index is 2.06. The van der Waals surface area contributed by atoms with Gasteiger partial charge in [0.15, 0.2) is 0 Å². The van der Waals surface area contributed by atoms with E-state index >= 15 is 0 Å². The van der Waals surface area contributed by atoms with Crippen molar-refractivity contribution in [2.24, 2.45) is 5.41 Å². The number of nitriles is 1. The van der Waals surface area contributed by atoms with Gasteiger partial charge < -0.3 is 4.98 Å². The maximum absolute atomic E-state index is 9.34. The minimum Gasteiger partial charge on any atom is -0.358 e. The monoisotopic (exact) mass is 224 g/mol. The molecule has 0 unspecified atom stereocenters. The predicted molar refractivity (Wildman–Crippen MR) is 68.6 cm³/mol. The summed E-state index contributed by atoms with van der Waals surface area (Å²) in [5.41, 5.74) is 3.65. The number of benzene rings is 1. The minimum absolute atomic E-state index is 0.0876. The van der Waals surface area contributed by atoms with E-state index in [4.69, 9.17) is 0 Å². The van der Waals surface area contributed by atoms with Gasteiger partial charge in [0.25, 0.3) is 0 Å². The molecule has 0 amide bonds. The van der Waals surface area contributed by atoms with E-state index in [9.17, 15) is 5.26 Å². The highest BCUT2D eigenvalue weighted by atomic mass is 14.7. The summed E-state index contributed by atoms with van der Waals surface area (Å²) in [6.07, 6.45) is 4.22. The van der Waals surface area contributed by atoms with Crippen molar-refractivity contribution in [2.45, 2.75) is 32.6 Å². The van der Waals surface area contributed by atoms with Crippen molar-refractivity contribution >= 4 is 10.9 Å². The van der Waals surface area contributed by atoms with Crippen LogP contribution in [0.15, 0.2) is 24.3 Å². The first-order valence-corrected chi connectivity index (χ1v) is 6.22. The molecule has 0 aliphatic heterocycles. The molecule has 2 aromatic rings. The molecule has 17 heavy (non-hydrogen) atoms. The number of H-pyrrole nitrogens is 1. The molecule has 1 aromatic carbocycles. The Bertz CT molecular complexity index is 597. The van der Waals surface area contributed by atoms with Crippen molar-refractivity contribution in [2.75, 3.05) is 0 Å². The molecule has 1 heterocycles. The Labute approximate surface area is 101 Å². The van der Waals surface area contributed by atoms with Gasteiger partial charge in [0.05, 0.1) is 11.5 Å². The summed E-state index contributed by atoms with van der Waals surface area (Å²) in [5, 5.41) is 10.6. The Kier molecular flexibility index (Phi) is 2.22. The van der Waals surface area contributed by atoms with Gasteiger partial charge in [0.2, 0.25) is 0 Å². The fourth-order valence-corrected chi connectivity index (χ4v) is 2.83. The Morgan fingerprint density at radius 3 is 2.76 bits per heavy atom. The van der Waals surface area contributed by atoms with Crippen molar-refractivity contribution in [1.82, 2.24) is 4.98 Å². The Morgan fingerprint density at radius 1 is 1.35 bits per heavy atom. The first-order valence-electron chi connectivity index (χ1n) is 6.22. The van der Waals surface area contributed by atoms with E-state index in [1.54, 1.807) is 0 Å². The fourth-order valence-electron chi connectivity index (χ4n) is 2.83. The highest BCUT2D eigenvalue weighted by molar-refractivity contribution is 5.84. The van der Waals surface area contributed by atoms with Gasteiger partial charge in [-0.05, 0) is 37.8 Å². The van der Waals surface area contributed by atoms with E-state index in [1.165, 1.54) is 28.6 Å². The number of fused-ring (bicyclic) bond motifs is 1. The van der Waals surface area contributed by atoms with E-state index < -0.39 is 0 Å². The molecule has 86 valence electrons. The number of hydrogen-bond donors (Lipinski definition) is 1. The molecule has 1 aromatic heterocycles. The van der Waals surface area contributed by atoms with Gasteiger partial charge in [-0.25, -0.2) is 0 Å². The fraction of sp³-hybridized carbons (Fsp3) is 0.400. The highest BCUT2D eigenvalue weighted by Crippen LogP contribution is 2.44. The van der Waals surface area contributed by atoms with Gasteiger partial charge >= 0.3 is 0 Å². The van der Waals surface area contributed by atoms with Crippen LogP contribution in [0.5, 0.6) is 0 Å². The normalized spacial score (nSPS) is 17.6. The summed E-state index contributed by atoms with van der Waals surface area (Å²) in [5.74, 6) is 0. The zero-order valence-corrected chi connectivity index (χ0v) is 10.1. The van der Waals surface area contributed by atoms with Gasteiger partial charge in [-0.2, -0.15) is 5.26 Å². The molecule has 3 rings (SSSR count). The summed E-state index contributed by atoms with van der Waals surface area (Å²) in [4.78, 5) is 3.41. The molecule has 0 atom stereocenters. The molecule has 1 fully saturated rings. The second-order valence-corrected chi connectivity index (χ2v) is 5.20. The molecule has 2 nitrogen and oxygen atoms in total. The average Bonchev–Trinajstić information content (AvgIpc) is 2.60. The van der Waals surface area contributed by atoms with Crippen molar-refractivity contribution in [3.05, 3.63) is 35.5 Å². The maximum Gasteiger partial charge on any atom is 0.0693 e. The number of nitrogens with one attached hydrogen (secondary N) is 1. The smallest absolute Gasteiger partial charge is 0.0693 e. The minimum atomic E-state index is -0.0876.